The van der Waals surface area contributed by atoms with Crippen LogP contribution in [0.15, 0.2) is 105 Å². The fourth-order valence-corrected chi connectivity index (χ4v) is 7.78. The van der Waals surface area contributed by atoms with Crippen molar-refractivity contribution in [3.05, 3.63) is 129 Å². The number of pyridine rings is 1. The summed E-state index contributed by atoms with van der Waals surface area (Å²) in [4.78, 5) is 39.3. The molecule has 11 nitrogen and oxygen atoms in total. The van der Waals surface area contributed by atoms with Gasteiger partial charge in [-0.05, 0) is 90.0 Å². The highest BCUT2D eigenvalue weighted by atomic mass is 28.4. The molecule has 12 heteroatoms. The Labute approximate surface area is 314 Å². The molecule has 54 heavy (non-hydrogen) atoms. The molecule has 0 saturated carbocycles. The molecule has 282 valence electrons. The van der Waals surface area contributed by atoms with Crippen LogP contribution < -0.4 is 21.9 Å². The average Bonchev–Trinajstić information content (AvgIpc) is 3.43. The fraction of sp³-hybridized carbons (Fsp3) is 0.310. The number of benzene rings is 4. The molecule has 1 amide bonds. The molecule has 0 bridgehead atoms. The van der Waals surface area contributed by atoms with Gasteiger partial charge in [0.25, 0.3) is 0 Å². The Morgan fingerprint density at radius 2 is 1.70 bits per heavy atom. The summed E-state index contributed by atoms with van der Waals surface area (Å²) in [5.41, 5.74) is 6.45. The number of fused-ring (bicyclic) bond motifs is 2. The lowest BCUT2D eigenvalue weighted by atomic mass is 9.99. The third-order valence-corrected chi connectivity index (χ3v) is 14.9. The van der Waals surface area contributed by atoms with Crippen molar-refractivity contribution in [2.24, 2.45) is 0 Å². The normalized spacial score (nSPS) is 12.7. The third-order valence-electron chi connectivity index (χ3n) is 10.4. The number of nitrogens with one attached hydrogen (secondary N) is 3. The predicted octanol–water partition coefficient (Wildman–Crippen LogP) is 8.77. The van der Waals surface area contributed by atoms with E-state index >= 15 is 0 Å². The van der Waals surface area contributed by atoms with Gasteiger partial charge in [-0.15, -0.1) is 0 Å². The molecule has 2 aromatic heterocycles. The molecule has 5 N–H and O–H groups in total. The van der Waals surface area contributed by atoms with Gasteiger partial charge in [-0.25, -0.2) is 9.59 Å². The lowest BCUT2D eigenvalue weighted by Crippen LogP contribution is -2.43. The summed E-state index contributed by atoms with van der Waals surface area (Å²) in [5.74, 6) is -0.402. The highest BCUT2D eigenvalue weighted by molar-refractivity contribution is 6.74. The monoisotopic (exact) mass is 748 g/mol. The fourth-order valence-electron chi connectivity index (χ4n) is 6.50. The number of aromatic amines is 1. The van der Waals surface area contributed by atoms with Crippen LogP contribution in [0.4, 0.5) is 10.5 Å². The van der Waals surface area contributed by atoms with Crippen LogP contribution in [0.3, 0.4) is 0 Å². The van der Waals surface area contributed by atoms with E-state index in [1.165, 1.54) is 6.07 Å². The number of hydrogen-bond acceptors (Lipinski definition) is 7. The first-order chi connectivity index (χ1) is 25.7. The minimum absolute atomic E-state index is 0.00478. The summed E-state index contributed by atoms with van der Waals surface area (Å²) >= 11 is 0. The molecule has 0 spiro atoms. The number of oxazole rings is 1. The molecular formula is C42H48N4O7Si. The van der Waals surface area contributed by atoms with E-state index in [1.807, 2.05) is 72.8 Å². The highest BCUT2D eigenvalue weighted by Crippen LogP contribution is 2.41. The first-order valence-corrected chi connectivity index (χ1v) is 21.1. The number of phenols is 1. The summed E-state index contributed by atoms with van der Waals surface area (Å²) in [5, 5.41) is 26.7. The maximum absolute atomic E-state index is 12.9. The van der Waals surface area contributed by atoms with E-state index in [-0.39, 0.29) is 22.5 Å². The summed E-state index contributed by atoms with van der Waals surface area (Å²) in [6.07, 6.45) is 0.779. The predicted molar refractivity (Wildman–Crippen MR) is 216 cm³/mol. The van der Waals surface area contributed by atoms with Gasteiger partial charge in [-0.3, -0.25) is 14.7 Å². The zero-order valence-electron chi connectivity index (χ0n) is 31.4. The second kappa shape index (κ2) is 15.9. The highest BCUT2D eigenvalue weighted by Gasteiger charge is 2.39. The second-order valence-electron chi connectivity index (χ2n) is 15.2. The number of H-pyrrole nitrogens is 1. The van der Waals surface area contributed by atoms with Crippen LogP contribution in [-0.2, 0) is 23.9 Å². The molecule has 2 heterocycles. The van der Waals surface area contributed by atoms with Crippen molar-refractivity contribution in [1.29, 1.82) is 0 Å². The number of amides is 1. The number of unbranched alkanes of at least 4 members (excludes halogenated alkanes) is 1. The van der Waals surface area contributed by atoms with Crippen LogP contribution in [0.1, 0.15) is 56.4 Å². The van der Waals surface area contributed by atoms with Crippen molar-refractivity contribution in [1.82, 2.24) is 14.9 Å². The van der Waals surface area contributed by atoms with Gasteiger partial charge >= 0.3 is 11.8 Å². The summed E-state index contributed by atoms with van der Waals surface area (Å²) in [6, 6.07) is 27.9. The van der Waals surface area contributed by atoms with Gasteiger partial charge in [0.05, 0.1) is 22.8 Å². The van der Waals surface area contributed by atoms with Crippen LogP contribution >= 0.6 is 0 Å². The second-order valence-corrected chi connectivity index (χ2v) is 20.0. The summed E-state index contributed by atoms with van der Waals surface area (Å²) in [7, 11) is -2.24. The minimum atomic E-state index is -2.24. The number of nitrogens with zero attached hydrogens (tertiary/aromatic N) is 1. The number of rotatable bonds is 14. The first-order valence-electron chi connectivity index (χ1n) is 18.2. The molecular weight excluding hydrogens is 701 g/mol. The SMILES string of the molecule is CC(C)(C)[Si](C)(C)OC(CNCc1ccc2c(c1)oc(=O)n2CCCCc1ccc(-c2ccccc2)c(NC(=O)O)c1)c1ccc(O)c2[nH]c(=O)ccc12. The number of anilines is 1. The van der Waals surface area contributed by atoms with E-state index < -0.39 is 20.2 Å². The third kappa shape index (κ3) is 8.68. The topological polar surface area (TPSA) is 159 Å². The van der Waals surface area contributed by atoms with Crippen molar-refractivity contribution in [2.75, 3.05) is 11.9 Å². The number of carbonyl (C=O) groups is 1. The van der Waals surface area contributed by atoms with E-state index in [4.69, 9.17) is 8.84 Å². The molecule has 6 rings (SSSR count). The Hall–Kier alpha value is -5.43. The summed E-state index contributed by atoms with van der Waals surface area (Å²) < 4.78 is 14.3. The number of aromatic nitrogens is 2. The molecule has 0 radical (unpaired) electrons. The first kappa shape index (κ1) is 38.3. The Kier molecular flexibility index (Phi) is 11.3. The van der Waals surface area contributed by atoms with Gasteiger partial charge in [-0.1, -0.05) is 75.4 Å². The number of carboxylic acid groups (broad SMARTS) is 1. The molecule has 4 aromatic carbocycles. The maximum Gasteiger partial charge on any atom is 0.419 e. The van der Waals surface area contributed by atoms with Crippen molar-refractivity contribution >= 4 is 42.1 Å². The molecule has 1 atom stereocenters. The maximum atomic E-state index is 12.9. The Bertz CT molecular complexity index is 2390. The molecule has 1 unspecified atom stereocenters. The van der Waals surface area contributed by atoms with Gasteiger partial charge in [0.15, 0.2) is 13.9 Å². The molecule has 0 aliphatic carbocycles. The number of hydrogen-bond donors (Lipinski definition) is 5. The molecule has 0 saturated heterocycles. The average molecular weight is 749 g/mol. The van der Waals surface area contributed by atoms with Crippen LogP contribution in [0.25, 0.3) is 33.1 Å². The van der Waals surface area contributed by atoms with Crippen LogP contribution in [0.5, 0.6) is 5.75 Å². The molecule has 0 aliphatic rings. The number of aryl methyl sites for hydroxylation is 2. The van der Waals surface area contributed by atoms with E-state index in [0.29, 0.717) is 36.4 Å². The molecule has 0 fully saturated rings. The van der Waals surface area contributed by atoms with Crippen molar-refractivity contribution < 1.29 is 23.9 Å². The minimum Gasteiger partial charge on any atom is -0.506 e. The van der Waals surface area contributed by atoms with Crippen molar-refractivity contribution in [3.8, 4) is 16.9 Å². The molecule has 6 aromatic rings. The van der Waals surface area contributed by atoms with Gasteiger partial charge < -0.3 is 29.4 Å². The number of phenolic OH excluding ortho intramolecular Hbond substituents is 1. The van der Waals surface area contributed by atoms with Crippen molar-refractivity contribution in [2.45, 2.75) is 77.4 Å². The van der Waals surface area contributed by atoms with Crippen LogP contribution in [0, 0.1) is 0 Å². The standard InChI is InChI=1S/C42H48N4O7Si/c1-42(2,3)54(4,5)53-37(31-17-20-35(47)39-32(31)18-21-38(48)45-39)26-43-25-28-15-19-34-36(24-28)52-41(51)46(34)22-10-9-11-27-14-16-30(29-12-7-6-8-13-29)33(23-27)44-40(49)50/h6-8,12-21,23-24,37,43-44,47H,9-11,22,25-26H2,1-5H3,(H,45,48)(H,49,50). The smallest absolute Gasteiger partial charge is 0.419 e. The van der Waals surface area contributed by atoms with E-state index in [1.54, 1.807) is 16.7 Å². The summed E-state index contributed by atoms with van der Waals surface area (Å²) in [6.45, 7) is 12.4. The number of aromatic hydroxyl groups is 1. The van der Waals surface area contributed by atoms with Gasteiger partial charge in [0.1, 0.15) is 5.75 Å². The lowest BCUT2D eigenvalue weighted by Gasteiger charge is -2.39. The van der Waals surface area contributed by atoms with Gasteiger partial charge in [-0.2, -0.15) is 0 Å². The van der Waals surface area contributed by atoms with Crippen LogP contribution in [0.2, 0.25) is 18.1 Å². The Balaban J connectivity index is 1.11. The van der Waals surface area contributed by atoms with Crippen LogP contribution in [-0.4, -0.2) is 40.7 Å². The quantitative estimate of drug-likeness (QED) is 0.0546. The zero-order chi connectivity index (χ0) is 38.6. The van der Waals surface area contributed by atoms with Gasteiger partial charge in [0.2, 0.25) is 5.56 Å². The Morgan fingerprint density at radius 3 is 2.44 bits per heavy atom. The van der Waals surface area contributed by atoms with Gasteiger partial charge in [0, 0.05) is 36.7 Å². The molecule has 0 aliphatic heterocycles. The Morgan fingerprint density at radius 1 is 0.944 bits per heavy atom. The van der Waals surface area contributed by atoms with E-state index in [2.05, 4.69) is 49.5 Å². The largest absolute Gasteiger partial charge is 0.506 e. The van der Waals surface area contributed by atoms with E-state index in [9.17, 15) is 24.6 Å². The lowest BCUT2D eigenvalue weighted by molar-refractivity contribution is 0.181. The van der Waals surface area contributed by atoms with E-state index in [0.717, 1.165) is 58.0 Å². The zero-order valence-corrected chi connectivity index (χ0v) is 32.4. The van der Waals surface area contributed by atoms with Crippen molar-refractivity contribution in [3.63, 3.8) is 0 Å².